The molecule has 3 rings (SSSR count). The molecule has 0 atom stereocenters. The van der Waals surface area contributed by atoms with Crippen molar-refractivity contribution in [3.8, 4) is 5.69 Å². The molecule has 0 saturated heterocycles. The lowest BCUT2D eigenvalue weighted by Crippen LogP contribution is -2.19. The van der Waals surface area contributed by atoms with E-state index in [9.17, 15) is 26.7 Å². The third-order valence-corrected chi connectivity index (χ3v) is 3.40. The van der Waals surface area contributed by atoms with Gasteiger partial charge in [-0.05, 0) is 12.1 Å². The number of aromatic nitrogens is 4. The number of hydrogen-bond donors (Lipinski definition) is 1. The van der Waals surface area contributed by atoms with E-state index in [1.165, 1.54) is 17.9 Å². The minimum absolute atomic E-state index is 0.00504. The summed E-state index contributed by atoms with van der Waals surface area (Å²) in [5.41, 5.74) is -3.25. The number of nitrogens with zero attached hydrogens (tertiary/aromatic N) is 4. The molecule has 0 bridgehead atoms. The predicted molar refractivity (Wildman–Crippen MR) is 79.6 cm³/mol. The van der Waals surface area contributed by atoms with Gasteiger partial charge in [0, 0.05) is 13.2 Å². The minimum Gasteiger partial charge on any atom is -0.319 e. The molecule has 0 unspecified atom stereocenters. The molecule has 6 nitrogen and oxygen atoms in total. The standard InChI is InChI=1S/C15H10F5N5O/c1-24-7-8(5-21-24)14(26)23-11-6-22-25(13(11)15(18,19)20)12-9(16)3-2-4-10(12)17/h2-7H,1H3,(H,23,26). The fraction of sp³-hybridized carbons (Fsp3) is 0.133. The second kappa shape index (κ2) is 6.24. The van der Waals surface area contributed by atoms with Gasteiger partial charge in [-0.25, -0.2) is 13.5 Å². The number of amides is 1. The Morgan fingerprint density at radius 1 is 1.12 bits per heavy atom. The van der Waals surface area contributed by atoms with Crippen molar-refractivity contribution in [1.82, 2.24) is 19.6 Å². The normalized spacial score (nSPS) is 11.6. The Kier molecular flexibility index (Phi) is 4.22. The van der Waals surface area contributed by atoms with Gasteiger partial charge in [-0.1, -0.05) is 6.07 Å². The van der Waals surface area contributed by atoms with E-state index in [1.807, 2.05) is 5.32 Å². The smallest absolute Gasteiger partial charge is 0.319 e. The summed E-state index contributed by atoms with van der Waals surface area (Å²) in [5.74, 6) is -3.34. The van der Waals surface area contributed by atoms with Gasteiger partial charge in [-0.15, -0.1) is 0 Å². The number of hydrogen-bond acceptors (Lipinski definition) is 3. The molecule has 136 valence electrons. The van der Waals surface area contributed by atoms with Gasteiger partial charge in [0.2, 0.25) is 0 Å². The first-order valence-corrected chi connectivity index (χ1v) is 7.08. The van der Waals surface area contributed by atoms with Gasteiger partial charge in [0.25, 0.3) is 5.91 Å². The van der Waals surface area contributed by atoms with Crippen LogP contribution in [0.5, 0.6) is 0 Å². The van der Waals surface area contributed by atoms with E-state index in [4.69, 9.17) is 0 Å². The topological polar surface area (TPSA) is 64.7 Å². The Bertz CT molecular complexity index is 955. The summed E-state index contributed by atoms with van der Waals surface area (Å²) < 4.78 is 69.5. The molecule has 0 spiro atoms. The molecule has 0 aliphatic carbocycles. The van der Waals surface area contributed by atoms with Gasteiger partial charge < -0.3 is 5.32 Å². The van der Waals surface area contributed by atoms with Crippen LogP contribution in [0.2, 0.25) is 0 Å². The third-order valence-electron chi connectivity index (χ3n) is 3.40. The first-order valence-electron chi connectivity index (χ1n) is 7.08. The molecular formula is C15H10F5N5O. The van der Waals surface area contributed by atoms with Crippen molar-refractivity contribution >= 4 is 11.6 Å². The van der Waals surface area contributed by atoms with Crippen LogP contribution in [0.15, 0.2) is 36.8 Å². The Morgan fingerprint density at radius 2 is 1.77 bits per heavy atom. The summed E-state index contributed by atoms with van der Waals surface area (Å²) >= 11 is 0. The largest absolute Gasteiger partial charge is 0.435 e. The highest BCUT2D eigenvalue weighted by Gasteiger charge is 2.40. The van der Waals surface area contributed by atoms with Crippen molar-refractivity contribution in [2.24, 2.45) is 7.05 Å². The summed E-state index contributed by atoms with van der Waals surface area (Å²) in [6, 6.07) is 2.61. The molecule has 3 aromatic rings. The third kappa shape index (κ3) is 3.15. The van der Waals surface area contributed by atoms with E-state index in [1.54, 1.807) is 0 Å². The number of rotatable bonds is 3. The highest BCUT2D eigenvalue weighted by molar-refractivity contribution is 6.04. The first kappa shape index (κ1) is 17.6. The zero-order valence-electron chi connectivity index (χ0n) is 13.1. The molecule has 1 N–H and O–H groups in total. The molecule has 0 aliphatic rings. The van der Waals surface area contributed by atoms with Gasteiger partial charge in [-0.2, -0.15) is 23.4 Å². The van der Waals surface area contributed by atoms with Crippen LogP contribution in [0.4, 0.5) is 27.6 Å². The summed E-state index contributed by atoms with van der Waals surface area (Å²) in [4.78, 5) is 12.1. The minimum atomic E-state index is -5.04. The lowest BCUT2D eigenvalue weighted by molar-refractivity contribution is -0.142. The average Bonchev–Trinajstić information content (AvgIpc) is 3.13. The molecule has 0 fully saturated rings. The van der Waals surface area contributed by atoms with E-state index in [0.717, 1.165) is 24.4 Å². The second-order valence-electron chi connectivity index (χ2n) is 5.24. The van der Waals surface area contributed by atoms with Crippen LogP contribution in [0.1, 0.15) is 16.1 Å². The van der Waals surface area contributed by atoms with E-state index in [-0.39, 0.29) is 10.2 Å². The van der Waals surface area contributed by atoms with Crippen molar-refractivity contribution in [3.63, 3.8) is 0 Å². The molecule has 0 radical (unpaired) electrons. The summed E-state index contributed by atoms with van der Waals surface area (Å²) in [7, 11) is 1.52. The highest BCUT2D eigenvalue weighted by Crippen LogP contribution is 2.37. The highest BCUT2D eigenvalue weighted by atomic mass is 19.4. The maximum atomic E-state index is 13.9. The molecule has 2 heterocycles. The van der Waals surface area contributed by atoms with Crippen molar-refractivity contribution in [2.45, 2.75) is 6.18 Å². The summed E-state index contributed by atoms with van der Waals surface area (Å²) in [6.07, 6.45) is -1.92. The van der Waals surface area contributed by atoms with Gasteiger partial charge in [0.1, 0.15) is 5.69 Å². The number of para-hydroxylation sites is 1. The monoisotopic (exact) mass is 371 g/mol. The number of carbonyl (C=O) groups excluding carboxylic acids is 1. The zero-order valence-corrected chi connectivity index (χ0v) is 13.1. The van der Waals surface area contributed by atoms with Gasteiger partial charge >= 0.3 is 6.18 Å². The fourth-order valence-corrected chi connectivity index (χ4v) is 2.31. The van der Waals surface area contributed by atoms with E-state index >= 15 is 0 Å². The Labute approximate surface area is 142 Å². The molecular weight excluding hydrogens is 361 g/mol. The van der Waals surface area contributed by atoms with Crippen molar-refractivity contribution in [1.29, 1.82) is 0 Å². The number of anilines is 1. The fourth-order valence-electron chi connectivity index (χ4n) is 2.31. The van der Waals surface area contributed by atoms with Crippen LogP contribution in [0.3, 0.4) is 0 Å². The Balaban J connectivity index is 2.08. The summed E-state index contributed by atoms with van der Waals surface area (Å²) in [5, 5.41) is 9.18. The number of aryl methyl sites for hydroxylation is 1. The van der Waals surface area contributed by atoms with Crippen molar-refractivity contribution in [2.75, 3.05) is 5.32 Å². The van der Waals surface area contributed by atoms with Gasteiger partial charge in [0.05, 0.1) is 23.6 Å². The first-order chi connectivity index (χ1) is 12.2. The van der Waals surface area contributed by atoms with E-state index < -0.39 is 40.8 Å². The van der Waals surface area contributed by atoms with Crippen LogP contribution in [0, 0.1) is 11.6 Å². The number of halogens is 5. The van der Waals surface area contributed by atoms with E-state index in [0.29, 0.717) is 6.20 Å². The van der Waals surface area contributed by atoms with Crippen LogP contribution in [0.25, 0.3) is 5.69 Å². The maximum Gasteiger partial charge on any atom is 0.435 e. The number of carbonyl (C=O) groups is 1. The maximum absolute atomic E-state index is 13.9. The number of alkyl halides is 3. The average molecular weight is 371 g/mol. The summed E-state index contributed by atoms with van der Waals surface area (Å²) in [6.45, 7) is 0. The van der Waals surface area contributed by atoms with Crippen molar-refractivity contribution < 1.29 is 26.7 Å². The SMILES string of the molecule is Cn1cc(C(=O)Nc2cnn(-c3c(F)cccc3F)c2C(F)(F)F)cn1. The molecule has 26 heavy (non-hydrogen) atoms. The lowest BCUT2D eigenvalue weighted by Gasteiger charge is -2.14. The predicted octanol–water partition coefficient (Wildman–Crippen LogP) is 3.16. The van der Waals surface area contributed by atoms with Crippen LogP contribution >= 0.6 is 0 Å². The van der Waals surface area contributed by atoms with Gasteiger partial charge in [-0.3, -0.25) is 9.48 Å². The Hall–Kier alpha value is -3.24. The van der Waals surface area contributed by atoms with Crippen LogP contribution in [-0.4, -0.2) is 25.5 Å². The molecule has 11 heteroatoms. The zero-order chi connectivity index (χ0) is 19.1. The molecule has 1 aromatic carbocycles. The van der Waals surface area contributed by atoms with Crippen LogP contribution in [-0.2, 0) is 13.2 Å². The molecule has 0 saturated carbocycles. The lowest BCUT2D eigenvalue weighted by atomic mass is 10.2. The molecule has 0 aliphatic heterocycles. The quantitative estimate of drug-likeness (QED) is 0.720. The number of nitrogens with one attached hydrogen (secondary N) is 1. The Morgan fingerprint density at radius 3 is 2.31 bits per heavy atom. The number of benzene rings is 1. The van der Waals surface area contributed by atoms with Crippen LogP contribution < -0.4 is 5.32 Å². The van der Waals surface area contributed by atoms with E-state index in [2.05, 4.69) is 10.2 Å². The van der Waals surface area contributed by atoms with Crippen molar-refractivity contribution in [3.05, 3.63) is 59.7 Å². The second-order valence-corrected chi connectivity index (χ2v) is 5.24. The molecule has 2 aromatic heterocycles. The van der Waals surface area contributed by atoms with Gasteiger partial charge in [0.15, 0.2) is 17.3 Å². The molecule has 1 amide bonds.